The third-order valence-corrected chi connectivity index (χ3v) is 8.51. The van der Waals surface area contributed by atoms with Gasteiger partial charge in [-0.3, -0.25) is 14.4 Å². The smallest absolute Gasteiger partial charge is 0.246 e. The zero-order valence-electron chi connectivity index (χ0n) is 21.5. The van der Waals surface area contributed by atoms with Gasteiger partial charge in [0.25, 0.3) is 0 Å². The lowest BCUT2D eigenvalue weighted by Crippen LogP contribution is -2.56. The van der Waals surface area contributed by atoms with Crippen LogP contribution in [-0.2, 0) is 23.9 Å². The van der Waals surface area contributed by atoms with Crippen LogP contribution in [0.4, 0.5) is 5.69 Å². The number of benzene rings is 1. The van der Waals surface area contributed by atoms with Gasteiger partial charge in [0.05, 0.1) is 24.0 Å². The van der Waals surface area contributed by atoms with Gasteiger partial charge >= 0.3 is 0 Å². The van der Waals surface area contributed by atoms with Crippen molar-refractivity contribution in [2.24, 2.45) is 11.8 Å². The van der Waals surface area contributed by atoms with Crippen molar-refractivity contribution in [1.29, 1.82) is 0 Å². The van der Waals surface area contributed by atoms with Crippen molar-refractivity contribution < 1.29 is 23.9 Å². The number of nitrogens with one attached hydrogen (secondary N) is 2. The summed E-state index contributed by atoms with van der Waals surface area (Å²) >= 11 is 3.41. The number of fused-ring (bicyclic) bond motifs is 1. The molecule has 0 aromatic heterocycles. The first-order valence-corrected chi connectivity index (χ1v) is 14.3. The molecule has 3 heterocycles. The number of anilines is 1. The SMILES string of the molecule is CC(C)OCCCN1C(=O)C2C(C(=O)Nc3ccc(Br)cc3)C3C=CC2(O3)C1C(=O)NC1CCCCC1. The maximum Gasteiger partial charge on any atom is 0.246 e. The Kier molecular flexibility index (Phi) is 7.75. The molecule has 9 heteroatoms. The highest BCUT2D eigenvalue weighted by Crippen LogP contribution is 2.55. The molecule has 200 valence electrons. The van der Waals surface area contributed by atoms with Gasteiger partial charge < -0.3 is 25.0 Å². The van der Waals surface area contributed by atoms with Crippen molar-refractivity contribution in [1.82, 2.24) is 10.2 Å². The number of amides is 3. The summed E-state index contributed by atoms with van der Waals surface area (Å²) < 4.78 is 13.0. The number of likely N-dealkylation sites (tertiary alicyclic amines) is 1. The summed E-state index contributed by atoms with van der Waals surface area (Å²) in [5.74, 6) is -2.11. The van der Waals surface area contributed by atoms with E-state index < -0.39 is 29.6 Å². The molecule has 2 saturated heterocycles. The molecule has 5 rings (SSSR count). The van der Waals surface area contributed by atoms with E-state index in [1.54, 1.807) is 17.0 Å². The van der Waals surface area contributed by atoms with Crippen LogP contribution >= 0.6 is 15.9 Å². The van der Waals surface area contributed by atoms with Crippen molar-refractivity contribution in [2.45, 2.75) is 82.3 Å². The Morgan fingerprint density at radius 3 is 2.59 bits per heavy atom. The Labute approximate surface area is 226 Å². The standard InChI is InChI=1S/C28H36BrN3O5/c1-17(2)36-16-6-15-32-24(26(34)31-19-7-4-3-5-8-19)28-14-13-21(37-28)22(23(28)27(32)35)25(33)30-20-11-9-18(29)10-12-20/h9-14,17,19,21-24H,3-8,15-16H2,1-2H3,(H,30,33)(H,31,34). The Bertz CT molecular complexity index is 1050. The zero-order valence-corrected chi connectivity index (χ0v) is 23.0. The molecule has 5 unspecified atom stereocenters. The van der Waals surface area contributed by atoms with Gasteiger partial charge in [0, 0.05) is 29.4 Å². The Morgan fingerprint density at radius 2 is 1.89 bits per heavy atom. The highest BCUT2D eigenvalue weighted by Gasteiger charge is 2.72. The number of nitrogens with zero attached hydrogens (tertiary/aromatic N) is 1. The fourth-order valence-electron chi connectivity index (χ4n) is 6.35. The molecule has 1 aromatic carbocycles. The van der Waals surface area contributed by atoms with Gasteiger partial charge in [-0.1, -0.05) is 47.3 Å². The van der Waals surface area contributed by atoms with Gasteiger partial charge in [-0.15, -0.1) is 0 Å². The van der Waals surface area contributed by atoms with Crippen molar-refractivity contribution in [3.63, 3.8) is 0 Å². The molecule has 3 fully saturated rings. The number of carbonyl (C=O) groups excluding carboxylic acids is 3. The first-order valence-electron chi connectivity index (χ1n) is 13.5. The van der Waals surface area contributed by atoms with Crippen LogP contribution in [-0.4, -0.2) is 65.7 Å². The van der Waals surface area contributed by atoms with E-state index >= 15 is 0 Å². The number of ether oxygens (including phenoxy) is 2. The summed E-state index contributed by atoms with van der Waals surface area (Å²) in [6.45, 7) is 4.80. The lowest BCUT2D eigenvalue weighted by atomic mass is 9.74. The third-order valence-electron chi connectivity index (χ3n) is 7.98. The minimum Gasteiger partial charge on any atom is -0.379 e. The number of halogens is 1. The van der Waals surface area contributed by atoms with E-state index in [1.807, 2.05) is 38.1 Å². The largest absolute Gasteiger partial charge is 0.379 e. The molecule has 3 aliphatic heterocycles. The Balaban J connectivity index is 1.39. The summed E-state index contributed by atoms with van der Waals surface area (Å²) in [5, 5.41) is 6.17. The average molecular weight is 575 g/mol. The van der Waals surface area contributed by atoms with E-state index in [9.17, 15) is 14.4 Å². The molecule has 4 aliphatic rings. The van der Waals surface area contributed by atoms with Crippen LogP contribution in [0.1, 0.15) is 52.4 Å². The molecule has 2 N–H and O–H groups in total. The van der Waals surface area contributed by atoms with Gasteiger partial charge in [-0.25, -0.2) is 0 Å². The molecule has 8 nitrogen and oxygen atoms in total. The summed E-state index contributed by atoms with van der Waals surface area (Å²) in [6, 6.07) is 6.61. The van der Waals surface area contributed by atoms with Crippen molar-refractivity contribution in [3.8, 4) is 0 Å². The third kappa shape index (κ3) is 5.10. The van der Waals surface area contributed by atoms with Crippen molar-refractivity contribution in [3.05, 3.63) is 40.9 Å². The van der Waals surface area contributed by atoms with E-state index in [4.69, 9.17) is 9.47 Å². The second kappa shape index (κ2) is 10.9. The minimum absolute atomic E-state index is 0.0891. The fourth-order valence-corrected chi connectivity index (χ4v) is 6.61. The van der Waals surface area contributed by atoms with Gasteiger partial charge in [0.1, 0.15) is 11.6 Å². The summed E-state index contributed by atoms with van der Waals surface area (Å²) in [7, 11) is 0. The van der Waals surface area contributed by atoms with Crippen LogP contribution in [0.15, 0.2) is 40.9 Å². The van der Waals surface area contributed by atoms with E-state index in [2.05, 4.69) is 26.6 Å². The Morgan fingerprint density at radius 1 is 1.16 bits per heavy atom. The molecule has 2 bridgehead atoms. The average Bonchev–Trinajstić information content (AvgIpc) is 3.51. The molecule has 1 spiro atoms. The normalized spacial score (nSPS) is 30.7. The van der Waals surface area contributed by atoms with Crippen molar-refractivity contribution in [2.75, 3.05) is 18.5 Å². The molecule has 3 amide bonds. The van der Waals surface area contributed by atoms with E-state index in [1.165, 1.54) is 6.42 Å². The molecular formula is C28H36BrN3O5. The summed E-state index contributed by atoms with van der Waals surface area (Å²) in [5.41, 5.74) is -0.491. The molecule has 1 saturated carbocycles. The van der Waals surface area contributed by atoms with Gasteiger partial charge in [0.2, 0.25) is 17.7 Å². The van der Waals surface area contributed by atoms with Crippen LogP contribution in [0.3, 0.4) is 0 Å². The molecular weight excluding hydrogens is 538 g/mol. The first-order chi connectivity index (χ1) is 17.8. The minimum atomic E-state index is -1.14. The predicted octanol–water partition coefficient (Wildman–Crippen LogP) is 3.80. The monoisotopic (exact) mass is 573 g/mol. The molecule has 1 aliphatic carbocycles. The summed E-state index contributed by atoms with van der Waals surface area (Å²) in [6.07, 6.45) is 9.12. The van der Waals surface area contributed by atoms with Crippen LogP contribution in [0.5, 0.6) is 0 Å². The van der Waals surface area contributed by atoms with Crippen LogP contribution in [0, 0.1) is 11.8 Å². The Hall–Kier alpha value is -2.23. The number of carbonyl (C=O) groups is 3. The molecule has 0 radical (unpaired) electrons. The van der Waals surface area contributed by atoms with Gasteiger partial charge in [0.15, 0.2) is 0 Å². The molecule has 1 aromatic rings. The number of hydrogen-bond donors (Lipinski definition) is 2. The maximum absolute atomic E-state index is 13.9. The van der Waals surface area contributed by atoms with E-state index in [-0.39, 0.29) is 29.9 Å². The zero-order chi connectivity index (χ0) is 26.2. The van der Waals surface area contributed by atoms with Gasteiger partial charge in [-0.05, 0) is 57.4 Å². The van der Waals surface area contributed by atoms with E-state index in [0.29, 0.717) is 25.3 Å². The number of hydrogen-bond acceptors (Lipinski definition) is 5. The van der Waals surface area contributed by atoms with Crippen LogP contribution in [0.2, 0.25) is 0 Å². The molecule has 37 heavy (non-hydrogen) atoms. The number of rotatable bonds is 9. The highest BCUT2D eigenvalue weighted by atomic mass is 79.9. The fraction of sp³-hybridized carbons (Fsp3) is 0.607. The van der Waals surface area contributed by atoms with Crippen molar-refractivity contribution >= 4 is 39.3 Å². The van der Waals surface area contributed by atoms with E-state index in [0.717, 1.165) is 30.2 Å². The molecule has 5 atom stereocenters. The second-order valence-corrected chi connectivity index (χ2v) is 11.8. The summed E-state index contributed by atoms with van der Waals surface area (Å²) in [4.78, 5) is 42.8. The quantitative estimate of drug-likeness (QED) is 0.346. The van der Waals surface area contributed by atoms with Crippen LogP contribution in [0.25, 0.3) is 0 Å². The lowest BCUT2D eigenvalue weighted by Gasteiger charge is -2.34. The predicted molar refractivity (Wildman–Crippen MR) is 143 cm³/mol. The second-order valence-electron chi connectivity index (χ2n) is 10.8. The van der Waals surface area contributed by atoms with Crippen LogP contribution < -0.4 is 10.6 Å². The highest BCUT2D eigenvalue weighted by molar-refractivity contribution is 9.10. The topological polar surface area (TPSA) is 97.0 Å². The lowest BCUT2D eigenvalue weighted by molar-refractivity contribution is -0.141. The maximum atomic E-state index is 13.9. The van der Waals surface area contributed by atoms with Gasteiger partial charge in [-0.2, -0.15) is 0 Å². The first kappa shape index (κ1) is 26.4.